The Balaban J connectivity index is 1.58. The fourth-order valence-corrected chi connectivity index (χ4v) is 3.49. The van der Waals surface area contributed by atoms with Crippen LogP contribution < -0.4 is 4.74 Å². The van der Waals surface area contributed by atoms with Crippen molar-refractivity contribution in [2.24, 2.45) is 0 Å². The molecule has 1 aromatic carbocycles. The Bertz CT molecular complexity index is 1010. The van der Waals surface area contributed by atoms with Crippen LogP contribution in [0.2, 0.25) is 0 Å². The van der Waals surface area contributed by atoms with Crippen LogP contribution in [-0.2, 0) is 22.6 Å². The molecule has 0 radical (unpaired) electrons. The lowest BCUT2D eigenvalue weighted by Gasteiger charge is -2.12. The van der Waals surface area contributed by atoms with Crippen molar-refractivity contribution in [2.45, 2.75) is 26.1 Å². The maximum Gasteiger partial charge on any atom is 0.333 e. The minimum absolute atomic E-state index is 0.305. The third kappa shape index (κ3) is 5.60. The van der Waals surface area contributed by atoms with Crippen LogP contribution in [-0.4, -0.2) is 33.8 Å². The van der Waals surface area contributed by atoms with Crippen LogP contribution in [0.15, 0.2) is 48.7 Å². The lowest BCUT2D eigenvalue weighted by atomic mass is 10.1. The number of carboxylic acid groups (broad SMARTS) is 1. The number of benzene rings is 1. The zero-order chi connectivity index (χ0) is 20.6. The minimum atomic E-state index is -0.968. The quantitative estimate of drug-likeness (QED) is 0.574. The first kappa shape index (κ1) is 20.5. The molecule has 0 saturated carbocycles. The first-order valence-electron chi connectivity index (χ1n) is 8.97. The highest BCUT2D eigenvalue weighted by Crippen LogP contribution is 2.26. The molecule has 0 bridgehead atoms. The molecule has 0 saturated heterocycles. The van der Waals surface area contributed by atoms with Gasteiger partial charge in [0.15, 0.2) is 11.9 Å². The van der Waals surface area contributed by atoms with E-state index in [9.17, 15) is 9.90 Å². The Morgan fingerprint density at radius 2 is 2.03 bits per heavy atom. The van der Waals surface area contributed by atoms with Crippen LogP contribution in [0.3, 0.4) is 0 Å². The van der Waals surface area contributed by atoms with E-state index in [1.54, 1.807) is 19.2 Å². The topological polar surface area (TPSA) is 105 Å². The molecule has 0 aliphatic rings. The van der Waals surface area contributed by atoms with Crippen LogP contribution in [0.4, 0.5) is 0 Å². The van der Waals surface area contributed by atoms with Crippen LogP contribution >= 0.6 is 11.3 Å². The molecule has 0 spiro atoms. The molecule has 1 atom stereocenters. The van der Waals surface area contributed by atoms with E-state index in [-0.39, 0.29) is 0 Å². The van der Waals surface area contributed by atoms with Crippen LogP contribution in [0.25, 0.3) is 10.7 Å². The van der Waals surface area contributed by atoms with E-state index >= 15 is 0 Å². The summed E-state index contributed by atoms with van der Waals surface area (Å²) in [5, 5.41) is 18.1. The minimum Gasteiger partial charge on any atom is -0.488 e. The predicted octanol–water partition coefficient (Wildman–Crippen LogP) is 3.69. The zero-order valence-electron chi connectivity index (χ0n) is 15.7. The molecule has 1 unspecified atom stereocenters. The van der Waals surface area contributed by atoms with E-state index in [1.807, 2.05) is 42.5 Å². The van der Waals surface area contributed by atoms with Crippen molar-refractivity contribution >= 4 is 17.3 Å². The normalized spacial score (nSPS) is 11.6. The van der Waals surface area contributed by atoms with Gasteiger partial charge in [-0.3, -0.25) is 0 Å². The summed E-state index contributed by atoms with van der Waals surface area (Å²) in [7, 11) is 0. The van der Waals surface area contributed by atoms with Crippen LogP contribution in [0.5, 0.6) is 5.75 Å². The molecule has 0 aliphatic carbocycles. The highest BCUT2D eigenvalue weighted by molar-refractivity contribution is 7.15. The Morgan fingerprint density at radius 1 is 1.24 bits per heavy atom. The van der Waals surface area contributed by atoms with Gasteiger partial charge in [-0.1, -0.05) is 12.1 Å². The molecule has 0 amide bonds. The molecular formula is C21H19N3O4S. The predicted molar refractivity (Wildman–Crippen MR) is 108 cm³/mol. The van der Waals surface area contributed by atoms with Gasteiger partial charge in [-0.05, 0) is 42.8 Å². The average Bonchev–Trinajstić information content (AvgIpc) is 3.22. The maximum atomic E-state index is 11.2. The molecule has 8 heteroatoms. The van der Waals surface area contributed by atoms with E-state index in [4.69, 9.17) is 14.7 Å². The van der Waals surface area contributed by atoms with Gasteiger partial charge in [0.1, 0.15) is 24.1 Å². The fraction of sp³-hybridized carbons (Fsp3) is 0.238. The van der Waals surface area contributed by atoms with Crippen molar-refractivity contribution in [1.82, 2.24) is 9.97 Å². The van der Waals surface area contributed by atoms with E-state index in [0.29, 0.717) is 36.9 Å². The highest BCUT2D eigenvalue weighted by Gasteiger charge is 2.17. The number of aromatic nitrogens is 2. The molecule has 0 aliphatic heterocycles. The molecule has 3 aromatic rings. The fourth-order valence-electron chi connectivity index (χ4n) is 2.62. The zero-order valence-corrected chi connectivity index (χ0v) is 16.6. The monoisotopic (exact) mass is 409 g/mol. The van der Waals surface area contributed by atoms with Gasteiger partial charge in [0.25, 0.3) is 0 Å². The van der Waals surface area contributed by atoms with Gasteiger partial charge >= 0.3 is 5.97 Å². The molecule has 3 rings (SSSR count). The van der Waals surface area contributed by atoms with Crippen molar-refractivity contribution in [2.75, 3.05) is 6.61 Å². The van der Waals surface area contributed by atoms with Crippen molar-refractivity contribution < 1.29 is 19.4 Å². The van der Waals surface area contributed by atoms with Gasteiger partial charge in [0.2, 0.25) is 0 Å². The lowest BCUT2D eigenvalue weighted by Crippen LogP contribution is -2.26. The van der Waals surface area contributed by atoms with E-state index in [1.165, 1.54) is 11.3 Å². The number of ether oxygens (including phenoxy) is 2. The number of thiophene rings is 1. The number of aliphatic carboxylic acids is 1. The molecule has 2 heterocycles. The van der Waals surface area contributed by atoms with Crippen LogP contribution in [0.1, 0.15) is 23.1 Å². The second-order valence-electron chi connectivity index (χ2n) is 6.06. The first-order valence-corrected chi connectivity index (χ1v) is 9.79. The lowest BCUT2D eigenvalue weighted by molar-refractivity contribution is -0.149. The van der Waals surface area contributed by atoms with E-state index in [2.05, 4.69) is 9.97 Å². The van der Waals surface area contributed by atoms with Crippen LogP contribution in [0, 0.1) is 11.3 Å². The second-order valence-corrected chi connectivity index (χ2v) is 7.23. The standard InChI is InChI=1S/C21H19N3O4S/c1-2-27-18(21(25)26)11-14-3-5-16(6-4-14)28-13-17-7-8-19(29-17)20-23-10-9-15(12-22)24-20/h3-10,18H,2,11,13H2,1H3,(H,25,26). The molecule has 148 valence electrons. The summed E-state index contributed by atoms with van der Waals surface area (Å²) in [4.78, 5) is 21.5. The first-order chi connectivity index (χ1) is 14.1. The highest BCUT2D eigenvalue weighted by atomic mass is 32.1. The molecule has 0 fully saturated rings. The van der Waals surface area contributed by atoms with Gasteiger partial charge in [0, 0.05) is 24.1 Å². The Hall–Kier alpha value is -3.28. The third-order valence-corrected chi connectivity index (χ3v) is 5.08. The molecular weight excluding hydrogens is 390 g/mol. The summed E-state index contributed by atoms with van der Waals surface area (Å²) >= 11 is 1.50. The second kappa shape index (κ2) is 9.78. The van der Waals surface area contributed by atoms with Gasteiger partial charge in [-0.2, -0.15) is 5.26 Å². The molecule has 1 N–H and O–H groups in total. The Morgan fingerprint density at radius 3 is 2.72 bits per heavy atom. The maximum absolute atomic E-state index is 11.2. The van der Waals surface area contributed by atoms with Gasteiger partial charge in [-0.25, -0.2) is 14.8 Å². The number of carboxylic acids is 1. The smallest absolute Gasteiger partial charge is 0.333 e. The number of hydrogen-bond donors (Lipinski definition) is 1. The average molecular weight is 409 g/mol. The molecule has 2 aromatic heterocycles. The van der Waals surface area contributed by atoms with E-state index in [0.717, 1.165) is 15.3 Å². The number of carbonyl (C=O) groups is 1. The van der Waals surface area contributed by atoms with E-state index < -0.39 is 12.1 Å². The summed E-state index contributed by atoms with van der Waals surface area (Å²) in [6.45, 7) is 2.51. The summed E-state index contributed by atoms with van der Waals surface area (Å²) in [6, 6.07) is 14.7. The number of rotatable bonds is 9. The van der Waals surface area contributed by atoms with Crippen molar-refractivity contribution in [1.29, 1.82) is 5.26 Å². The van der Waals surface area contributed by atoms with Gasteiger partial charge < -0.3 is 14.6 Å². The summed E-state index contributed by atoms with van der Waals surface area (Å²) in [5.74, 6) is 0.242. The SMILES string of the molecule is CCOC(Cc1ccc(OCc2ccc(-c3nccc(C#N)n3)s2)cc1)C(=O)O. The van der Waals surface area contributed by atoms with Gasteiger partial charge in [0.05, 0.1) is 4.88 Å². The third-order valence-electron chi connectivity index (χ3n) is 4.02. The summed E-state index contributed by atoms with van der Waals surface area (Å²) in [6.07, 6.45) is 1.02. The van der Waals surface area contributed by atoms with Crippen molar-refractivity contribution in [3.05, 3.63) is 64.8 Å². The molecule has 7 nitrogen and oxygen atoms in total. The Kier molecular flexibility index (Phi) is 6.89. The van der Waals surface area contributed by atoms with Gasteiger partial charge in [-0.15, -0.1) is 11.3 Å². The van der Waals surface area contributed by atoms with Crippen molar-refractivity contribution in [3.63, 3.8) is 0 Å². The number of nitriles is 1. The van der Waals surface area contributed by atoms with Crippen molar-refractivity contribution in [3.8, 4) is 22.5 Å². The largest absolute Gasteiger partial charge is 0.488 e. The summed E-state index contributed by atoms with van der Waals surface area (Å²) in [5.41, 5.74) is 1.20. The summed E-state index contributed by atoms with van der Waals surface area (Å²) < 4.78 is 11.0. The molecule has 29 heavy (non-hydrogen) atoms. The number of hydrogen-bond acceptors (Lipinski definition) is 7. The Labute approximate surface area is 172 Å². The number of nitrogens with zero attached hydrogens (tertiary/aromatic N) is 3.